The van der Waals surface area contributed by atoms with Gasteiger partial charge in [-0.15, -0.1) is 0 Å². The van der Waals surface area contributed by atoms with E-state index >= 15 is 0 Å². The van der Waals surface area contributed by atoms with Crippen LogP contribution in [0, 0.1) is 15.5 Å². The van der Waals surface area contributed by atoms with Gasteiger partial charge in [-0.25, -0.2) is 4.98 Å². The van der Waals surface area contributed by atoms with Gasteiger partial charge in [-0.2, -0.15) is 0 Å². The molecule has 0 aliphatic heterocycles. The molecule has 1 atom stereocenters. The zero-order valence-electron chi connectivity index (χ0n) is 10.6. The van der Waals surface area contributed by atoms with Crippen molar-refractivity contribution in [1.82, 2.24) is 4.98 Å². The number of nitrogen functional groups attached to an aromatic ring is 1. The minimum atomic E-state index is -0.457. The standard InChI is InChI=1S/C12H18N4O2/c1-12(2)4-3-8(7-12)14-11-6-9(16(17)18)5-10(13)15-11/h5-6,8H,3-4,7H2,1-2H3,(H3,13,14,15). The topological polar surface area (TPSA) is 94.1 Å². The van der Waals surface area contributed by atoms with Gasteiger partial charge in [0.05, 0.1) is 17.1 Å². The Kier molecular flexibility index (Phi) is 3.11. The quantitative estimate of drug-likeness (QED) is 0.635. The summed E-state index contributed by atoms with van der Waals surface area (Å²) in [6.07, 6.45) is 3.24. The number of aromatic nitrogens is 1. The molecule has 98 valence electrons. The van der Waals surface area contributed by atoms with Crippen LogP contribution in [0.15, 0.2) is 12.1 Å². The highest BCUT2D eigenvalue weighted by atomic mass is 16.6. The second kappa shape index (κ2) is 4.44. The number of hydrogen-bond donors (Lipinski definition) is 2. The second-order valence-corrected chi connectivity index (χ2v) is 5.64. The molecule has 1 aromatic rings. The van der Waals surface area contributed by atoms with Gasteiger partial charge in [-0.3, -0.25) is 10.1 Å². The van der Waals surface area contributed by atoms with E-state index in [1.807, 2.05) is 0 Å². The van der Waals surface area contributed by atoms with Gasteiger partial charge in [0.2, 0.25) is 0 Å². The molecule has 1 aliphatic rings. The van der Waals surface area contributed by atoms with Crippen molar-refractivity contribution in [3.8, 4) is 0 Å². The smallest absolute Gasteiger partial charge is 0.276 e. The van der Waals surface area contributed by atoms with E-state index in [4.69, 9.17) is 5.73 Å². The summed E-state index contributed by atoms with van der Waals surface area (Å²) in [6.45, 7) is 4.45. The number of nitrogens with zero attached hydrogens (tertiary/aromatic N) is 2. The van der Waals surface area contributed by atoms with Gasteiger partial charge in [0, 0.05) is 6.04 Å². The van der Waals surface area contributed by atoms with Crippen LogP contribution in [0.4, 0.5) is 17.3 Å². The van der Waals surface area contributed by atoms with Crippen LogP contribution in [0.5, 0.6) is 0 Å². The molecule has 1 unspecified atom stereocenters. The van der Waals surface area contributed by atoms with Crippen molar-refractivity contribution in [2.24, 2.45) is 5.41 Å². The van der Waals surface area contributed by atoms with Gasteiger partial charge < -0.3 is 11.1 Å². The van der Waals surface area contributed by atoms with Gasteiger partial charge in [0.1, 0.15) is 11.6 Å². The van der Waals surface area contributed by atoms with Crippen LogP contribution in [-0.2, 0) is 0 Å². The Morgan fingerprint density at radius 1 is 1.56 bits per heavy atom. The molecule has 1 saturated carbocycles. The van der Waals surface area contributed by atoms with E-state index in [0.717, 1.165) is 19.3 Å². The second-order valence-electron chi connectivity index (χ2n) is 5.64. The normalized spacial score (nSPS) is 21.8. The molecule has 1 fully saturated rings. The third kappa shape index (κ3) is 2.88. The van der Waals surface area contributed by atoms with E-state index in [-0.39, 0.29) is 11.5 Å². The maximum absolute atomic E-state index is 10.7. The molecular weight excluding hydrogens is 232 g/mol. The largest absolute Gasteiger partial charge is 0.383 e. The first-order valence-electron chi connectivity index (χ1n) is 6.04. The monoisotopic (exact) mass is 250 g/mol. The molecule has 1 aliphatic carbocycles. The molecule has 0 aromatic carbocycles. The maximum Gasteiger partial charge on any atom is 0.276 e. The summed E-state index contributed by atoms with van der Waals surface area (Å²) in [7, 11) is 0. The number of rotatable bonds is 3. The van der Waals surface area contributed by atoms with Crippen molar-refractivity contribution in [3.63, 3.8) is 0 Å². The third-order valence-electron chi connectivity index (χ3n) is 3.36. The van der Waals surface area contributed by atoms with Crippen LogP contribution >= 0.6 is 0 Å². The predicted molar refractivity (Wildman–Crippen MR) is 70.3 cm³/mol. The minimum Gasteiger partial charge on any atom is -0.383 e. The predicted octanol–water partition coefficient (Wildman–Crippen LogP) is 2.56. The fourth-order valence-electron chi connectivity index (χ4n) is 2.48. The highest BCUT2D eigenvalue weighted by molar-refractivity contribution is 5.53. The summed E-state index contributed by atoms with van der Waals surface area (Å²) in [5, 5.41) is 14.0. The van der Waals surface area contributed by atoms with E-state index in [2.05, 4.69) is 24.1 Å². The summed E-state index contributed by atoms with van der Waals surface area (Å²) in [6, 6.07) is 3.01. The molecule has 6 heteroatoms. The van der Waals surface area contributed by atoms with E-state index in [1.54, 1.807) is 0 Å². The lowest BCUT2D eigenvalue weighted by atomic mass is 9.92. The number of nitro groups is 1. The Hall–Kier alpha value is -1.85. The highest BCUT2D eigenvalue weighted by Crippen LogP contribution is 2.38. The van der Waals surface area contributed by atoms with Crippen molar-refractivity contribution >= 4 is 17.3 Å². The van der Waals surface area contributed by atoms with Crippen LogP contribution in [-0.4, -0.2) is 15.9 Å². The summed E-state index contributed by atoms with van der Waals surface area (Å²) in [4.78, 5) is 14.4. The molecule has 1 aromatic heterocycles. The van der Waals surface area contributed by atoms with E-state index < -0.39 is 4.92 Å². The Bertz CT molecular complexity index is 473. The lowest BCUT2D eigenvalue weighted by molar-refractivity contribution is -0.384. The number of pyridine rings is 1. The molecule has 3 N–H and O–H groups in total. The highest BCUT2D eigenvalue weighted by Gasteiger charge is 2.31. The molecule has 2 rings (SSSR count). The molecule has 1 heterocycles. The molecule has 0 spiro atoms. The molecular formula is C12H18N4O2. The van der Waals surface area contributed by atoms with Crippen molar-refractivity contribution in [1.29, 1.82) is 0 Å². The molecule has 0 saturated heterocycles. The fraction of sp³-hybridized carbons (Fsp3) is 0.583. The van der Waals surface area contributed by atoms with E-state index in [1.165, 1.54) is 12.1 Å². The number of nitrogens with one attached hydrogen (secondary N) is 1. The molecule has 6 nitrogen and oxygen atoms in total. The average Bonchev–Trinajstić information content (AvgIpc) is 2.57. The Morgan fingerprint density at radius 2 is 2.28 bits per heavy atom. The van der Waals surface area contributed by atoms with Gasteiger partial charge >= 0.3 is 0 Å². The Balaban J connectivity index is 2.12. The summed E-state index contributed by atoms with van der Waals surface area (Å²) >= 11 is 0. The van der Waals surface area contributed by atoms with Crippen LogP contribution in [0.2, 0.25) is 0 Å². The number of nitrogens with two attached hydrogens (primary N) is 1. The Labute approximate surface area is 106 Å². The first kappa shape index (κ1) is 12.6. The summed E-state index contributed by atoms with van der Waals surface area (Å²) in [5.74, 6) is 0.661. The lowest BCUT2D eigenvalue weighted by Crippen LogP contribution is -2.18. The average molecular weight is 250 g/mol. The molecule has 0 bridgehead atoms. The van der Waals surface area contributed by atoms with Gasteiger partial charge in [0.25, 0.3) is 5.69 Å². The third-order valence-corrected chi connectivity index (χ3v) is 3.36. The number of anilines is 2. The van der Waals surface area contributed by atoms with Crippen molar-refractivity contribution in [2.45, 2.75) is 39.2 Å². The first-order valence-corrected chi connectivity index (χ1v) is 6.04. The van der Waals surface area contributed by atoms with Crippen LogP contribution in [0.3, 0.4) is 0 Å². The fourth-order valence-corrected chi connectivity index (χ4v) is 2.48. The zero-order valence-corrected chi connectivity index (χ0v) is 10.6. The molecule has 0 amide bonds. The van der Waals surface area contributed by atoms with Crippen molar-refractivity contribution < 1.29 is 4.92 Å². The molecule has 18 heavy (non-hydrogen) atoms. The number of hydrogen-bond acceptors (Lipinski definition) is 5. The van der Waals surface area contributed by atoms with E-state index in [9.17, 15) is 10.1 Å². The lowest BCUT2D eigenvalue weighted by Gasteiger charge is -2.18. The minimum absolute atomic E-state index is 0.0257. The summed E-state index contributed by atoms with van der Waals surface area (Å²) < 4.78 is 0. The van der Waals surface area contributed by atoms with E-state index in [0.29, 0.717) is 17.3 Å². The Morgan fingerprint density at radius 3 is 2.83 bits per heavy atom. The van der Waals surface area contributed by atoms with Gasteiger partial charge in [-0.1, -0.05) is 13.8 Å². The van der Waals surface area contributed by atoms with Crippen molar-refractivity contribution in [3.05, 3.63) is 22.2 Å². The van der Waals surface area contributed by atoms with Crippen LogP contribution in [0.25, 0.3) is 0 Å². The van der Waals surface area contributed by atoms with Crippen molar-refractivity contribution in [2.75, 3.05) is 11.1 Å². The van der Waals surface area contributed by atoms with Gasteiger partial charge in [-0.05, 0) is 24.7 Å². The first-order chi connectivity index (χ1) is 8.35. The zero-order chi connectivity index (χ0) is 13.3. The van der Waals surface area contributed by atoms with Crippen LogP contribution in [0.1, 0.15) is 33.1 Å². The SMILES string of the molecule is CC1(C)CCC(Nc2cc([N+](=O)[O-])cc(N)n2)C1. The maximum atomic E-state index is 10.7. The summed E-state index contributed by atoms with van der Waals surface area (Å²) in [5.41, 5.74) is 5.87. The van der Waals surface area contributed by atoms with Crippen LogP contribution < -0.4 is 11.1 Å². The molecule has 0 radical (unpaired) electrons. The van der Waals surface area contributed by atoms with Gasteiger partial charge in [0.15, 0.2) is 0 Å².